The third-order valence-electron chi connectivity index (χ3n) is 1.03. The third kappa shape index (κ3) is 1.40. The fourth-order valence-electron chi connectivity index (χ4n) is 0.526. The maximum atomic E-state index is 5.56. The van der Waals surface area contributed by atoms with E-state index in [2.05, 4.69) is 28.6 Å². The molecule has 0 amide bonds. The van der Waals surface area contributed by atoms with E-state index in [9.17, 15) is 0 Å². The van der Waals surface area contributed by atoms with E-state index in [4.69, 9.17) is 5.73 Å². The molecule has 0 atom stereocenters. The Hall–Kier alpha value is -0.150. The van der Waals surface area contributed by atoms with Gasteiger partial charge >= 0.3 is 0 Å². The molecule has 1 nitrogen and oxygen atoms in total. The first-order valence-corrected chi connectivity index (χ1v) is 3.69. The summed E-state index contributed by atoms with van der Waals surface area (Å²) in [6.45, 7) is 0. The first kappa shape index (κ1) is 6.96. The number of nitrogen functional groups attached to an aromatic ring is 1. The van der Waals surface area contributed by atoms with Gasteiger partial charge in [-0.25, -0.2) is 0 Å². The van der Waals surface area contributed by atoms with Crippen LogP contribution in [0.2, 0.25) is 0 Å². The van der Waals surface area contributed by atoms with Crippen molar-refractivity contribution in [1.29, 1.82) is 0 Å². The summed E-state index contributed by atoms with van der Waals surface area (Å²) in [5.41, 5.74) is 6.25. The Morgan fingerprint density at radius 2 is 2.11 bits per heavy atom. The Kier molecular flexibility index (Phi) is 2.03. The third-order valence-corrected chi connectivity index (χ3v) is 2.11. The Bertz CT molecular complexity index is 204. The molecule has 0 aliphatic heterocycles. The molecule has 0 aromatic heterocycles. The van der Waals surface area contributed by atoms with Crippen LogP contribution in [0, 0.1) is 0 Å². The van der Waals surface area contributed by atoms with Gasteiger partial charge in [0, 0.05) is 9.37 Å². The van der Waals surface area contributed by atoms with Gasteiger partial charge in [0.15, 0.2) is 0 Å². The second-order valence-electron chi connectivity index (χ2n) is 1.67. The van der Waals surface area contributed by atoms with Crippen molar-refractivity contribution < 1.29 is 0 Å². The lowest BCUT2D eigenvalue weighted by Gasteiger charge is -1.98. The Morgan fingerprint density at radius 1 is 1.44 bits per heavy atom. The molecule has 48 valence electrons. The van der Waals surface area contributed by atoms with E-state index in [-0.39, 0.29) is 0 Å². The average Bonchev–Trinajstić information content (AvgIpc) is 1.83. The highest BCUT2D eigenvalue weighted by Gasteiger charge is 1.95. The molecule has 0 spiro atoms. The van der Waals surface area contributed by atoms with Gasteiger partial charge < -0.3 is 5.73 Å². The van der Waals surface area contributed by atoms with E-state index in [1.807, 2.05) is 18.2 Å². The largest absolute Gasteiger partial charge is 0.397 e. The number of nitrogens with two attached hydrogens (primary N) is 1. The van der Waals surface area contributed by atoms with Crippen LogP contribution < -0.4 is 5.73 Å². The van der Waals surface area contributed by atoms with E-state index in [1.165, 1.54) is 0 Å². The van der Waals surface area contributed by atoms with Gasteiger partial charge in [0.1, 0.15) is 0 Å². The van der Waals surface area contributed by atoms with Crippen molar-refractivity contribution in [1.82, 2.24) is 0 Å². The number of hydrogen-bond donors (Lipinski definition) is 2. The minimum atomic E-state index is 0.695. The normalized spacial score (nSPS) is 9.56. The molecule has 1 aromatic carbocycles. The second kappa shape index (κ2) is 2.62. The molecular weight excluding hydrogens is 198 g/mol. The van der Waals surface area contributed by atoms with Crippen LogP contribution in [-0.4, -0.2) is 0 Å². The zero-order valence-electron chi connectivity index (χ0n) is 4.63. The van der Waals surface area contributed by atoms with Crippen LogP contribution in [0.5, 0.6) is 0 Å². The number of para-hydroxylation sites is 1. The summed E-state index contributed by atoms with van der Waals surface area (Å²) in [4.78, 5) is 0.810. The number of halogens is 1. The van der Waals surface area contributed by atoms with Crippen LogP contribution in [-0.2, 0) is 0 Å². The molecule has 0 radical (unpaired) electrons. The SMILES string of the molecule is Nc1c(S)cccc1Br. The van der Waals surface area contributed by atoms with Crippen molar-refractivity contribution >= 4 is 34.2 Å². The molecule has 3 heteroatoms. The van der Waals surface area contributed by atoms with Crippen LogP contribution in [0.1, 0.15) is 0 Å². The minimum Gasteiger partial charge on any atom is -0.397 e. The van der Waals surface area contributed by atoms with Crippen LogP contribution >= 0.6 is 28.6 Å². The predicted molar refractivity (Wildman–Crippen MR) is 45.8 cm³/mol. The summed E-state index contributed by atoms with van der Waals surface area (Å²) in [7, 11) is 0. The quantitative estimate of drug-likeness (QED) is 0.492. The Labute approximate surface area is 67.8 Å². The molecule has 1 rings (SSSR count). The van der Waals surface area contributed by atoms with Gasteiger partial charge in [-0.1, -0.05) is 6.07 Å². The molecule has 0 bridgehead atoms. The molecule has 0 unspecified atom stereocenters. The molecule has 2 N–H and O–H groups in total. The van der Waals surface area contributed by atoms with Crippen molar-refractivity contribution in [2.75, 3.05) is 5.73 Å². The zero-order chi connectivity index (χ0) is 6.85. The maximum absolute atomic E-state index is 5.56. The molecule has 0 fully saturated rings. The molecule has 0 saturated heterocycles. The van der Waals surface area contributed by atoms with Gasteiger partial charge in [0.05, 0.1) is 5.69 Å². The monoisotopic (exact) mass is 203 g/mol. The van der Waals surface area contributed by atoms with Crippen LogP contribution in [0.25, 0.3) is 0 Å². The lowest BCUT2D eigenvalue weighted by Crippen LogP contribution is -1.86. The highest BCUT2D eigenvalue weighted by atomic mass is 79.9. The average molecular weight is 204 g/mol. The van der Waals surface area contributed by atoms with Crippen molar-refractivity contribution in [3.05, 3.63) is 22.7 Å². The van der Waals surface area contributed by atoms with Gasteiger partial charge in [0.2, 0.25) is 0 Å². The summed E-state index contributed by atoms with van der Waals surface area (Å²) in [5, 5.41) is 0. The van der Waals surface area contributed by atoms with Crippen LogP contribution in [0.3, 0.4) is 0 Å². The number of hydrogen-bond acceptors (Lipinski definition) is 2. The highest BCUT2D eigenvalue weighted by molar-refractivity contribution is 9.10. The molecule has 0 heterocycles. The number of rotatable bonds is 0. The predicted octanol–water partition coefficient (Wildman–Crippen LogP) is 2.32. The fraction of sp³-hybridized carbons (Fsp3) is 0. The van der Waals surface area contributed by atoms with Crippen LogP contribution in [0.4, 0.5) is 5.69 Å². The highest BCUT2D eigenvalue weighted by Crippen LogP contribution is 2.24. The van der Waals surface area contributed by atoms with E-state index in [1.54, 1.807) is 0 Å². The van der Waals surface area contributed by atoms with Gasteiger partial charge in [0.25, 0.3) is 0 Å². The van der Waals surface area contributed by atoms with E-state index >= 15 is 0 Å². The van der Waals surface area contributed by atoms with Gasteiger partial charge in [-0.2, -0.15) is 0 Å². The lowest BCUT2D eigenvalue weighted by atomic mass is 10.3. The fourth-order valence-corrected chi connectivity index (χ4v) is 1.25. The number of thiol groups is 1. The van der Waals surface area contributed by atoms with E-state index < -0.39 is 0 Å². The van der Waals surface area contributed by atoms with Gasteiger partial charge in [-0.3, -0.25) is 0 Å². The Balaban J connectivity index is 3.25. The molecule has 0 saturated carbocycles. The van der Waals surface area contributed by atoms with Crippen molar-refractivity contribution in [2.24, 2.45) is 0 Å². The second-order valence-corrected chi connectivity index (χ2v) is 3.01. The summed E-state index contributed by atoms with van der Waals surface area (Å²) < 4.78 is 0.898. The molecule has 0 aliphatic rings. The summed E-state index contributed by atoms with van der Waals surface area (Å²) in [5.74, 6) is 0. The van der Waals surface area contributed by atoms with E-state index in [0.717, 1.165) is 9.37 Å². The molecule has 0 aliphatic carbocycles. The standard InChI is InChI=1S/C6H6BrNS/c7-4-2-1-3-5(9)6(4)8/h1-3,9H,8H2. The van der Waals surface area contributed by atoms with Crippen LogP contribution in [0.15, 0.2) is 27.6 Å². The number of anilines is 1. The molecule has 9 heavy (non-hydrogen) atoms. The van der Waals surface area contributed by atoms with Crippen molar-refractivity contribution in [3.63, 3.8) is 0 Å². The summed E-state index contributed by atoms with van der Waals surface area (Å²) in [6.07, 6.45) is 0. The topological polar surface area (TPSA) is 26.0 Å². The molecular formula is C6H6BrNS. The van der Waals surface area contributed by atoms with Crippen molar-refractivity contribution in [2.45, 2.75) is 4.90 Å². The van der Waals surface area contributed by atoms with Gasteiger partial charge in [-0.05, 0) is 28.1 Å². The first-order chi connectivity index (χ1) is 4.22. The minimum absolute atomic E-state index is 0.695. The zero-order valence-corrected chi connectivity index (χ0v) is 7.12. The maximum Gasteiger partial charge on any atom is 0.0594 e. The lowest BCUT2D eigenvalue weighted by molar-refractivity contribution is 1.45. The van der Waals surface area contributed by atoms with Gasteiger partial charge in [-0.15, -0.1) is 12.6 Å². The van der Waals surface area contributed by atoms with E-state index in [0.29, 0.717) is 5.69 Å². The summed E-state index contributed by atoms with van der Waals surface area (Å²) >= 11 is 7.38. The first-order valence-electron chi connectivity index (χ1n) is 2.45. The summed E-state index contributed by atoms with van der Waals surface area (Å²) in [6, 6.07) is 5.63. The van der Waals surface area contributed by atoms with Crippen molar-refractivity contribution in [3.8, 4) is 0 Å². The molecule has 1 aromatic rings. The number of benzene rings is 1. The smallest absolute Gasteiger partial charge is 0.0594 e. The Morgan fingerprint density at radius 3 is 2.56 bits per heavy atom.